The molecule has 0 atom stereocenters. The number of likely N-dealkylation sites (tertiary alicyclic amines) is 1. The average molecular weight is 495 g/mol. The smallest absolute Gasteiger partial charge is 0.314 e. The fourth-order valence-electron chi connectivity index (χ4n) is 5.19. The Labute approximate surface area is 216 Å². The number of aromatic amines is 1. The maximum atomic E-state index is 12.8. The minimum absolute atomic E-state index is 0.127. The maximum absolute atomic E-state index is 12.8. The van der Waals surface area contributed by atoms with Crippen LogP contribution in [0.4, 0.5) is 11.5 Å². The lowest BCUT2D eigenvalue weighted by Crippen LogP contribution is -2.38. The molecule has 0 bridgehead atoms. The SMILES string of the molecule is [C-]#[N+]c1cnc(C(=O)Nc2ccc(C3CCN(C(=O)Cc4ccncc4)CC3)cc2C2=CCCCC2)[nH]1. The van der Waals surface area contributed by atoms with Crippen LogP contribution in [-0.4, -0.2) is 44.8 Å². The van der Waals surface area contributed by atoms with Gasteiger partial charge in [0.1, 0.15) is 0 Å². The van der Waals surface area contributed by atoms with Crippen LogP contribution in [-0.2, 0) is 11.2 Å². The third-order valence-electron chi connectivity index (χ3n) is 7.25. The zero-order valence-electron chi connectivity index (χ0n) is 20.7. The van der Waals surface area contributed by atoms with Crippen LogP contribution in [0.3, 0.4) is 0 Å². The second-order valence-electron chi connectivity index (χ2n) is 9.65. The van der Waals surface area contributed by atoms with Crippen molar-refractivity contribution in [2.45, 2.75) is 50.9 Å². The molecule has 1 aromatic carbocycles. The number of rotatable bonds is 6. The fraction of sp³-hybridized carbons (Fsp3) is 0.345. The predicted molar refractivity (Wildman–Crippen MR) is 142 cm³/mol. The molecule has 1 aliphatic carbocycles. The zero-order chi connectivity index (χ0) is 25.6. The molecule has 2 aromatic heterocycles. The summed E-state index contributed by atoms with van der Waals surface area (Å²) in [6, 6.07) is 10.1. The lowest BCUT2D eigenvalue weighted by molar-refractivity contribution is -0.131. The van der Waals surface area contributed by atoms with E-state index in [9.17, 15) is 9.59 Å². The summed E-state index contributed by atoms with van der Waals surface area (Å²) >= 11 is 0. The van der Waals surface area contributed by atoms with E-state index in [1.54, 1.807) is 12.4 Å². The number of imidazole rings is 1. The summed E-state index contributed by atoms with van der Waals surface area (Å²) in [5.41, 5.74) is 5.31. The Morgan fingerprint density at radius 2 is 1.95 bits per heavy atom. The van der Waals surface area contributed by atoms with Crippen molar-refractivity contribution in [3.05, 3.63) is 88.9 Å². The lowest BCUT2D eigenvalue weighted by Gasteiger charge is -2.33. The molecule has 0 saturated carbocycles. The normalized spacial score (nSPS) is 16.1. The topological polar surface area (TPSA) is 95.3 Å². The largest absolute Gasteiger partial charge is 0.363 e. The summed E-state index contributed by atoms with van der Waals surface area (Å²) < 4.78 is 0. The highest BCUT2D eigenvalue weighted by Crippen LogP contribution is 2.36. The quantitative estimate of drug-likeness (QED) is 0.442. The van der Waals surface area contributed by atoms with E-state index in [0.717, 1.165) is 62.0 Å². The van der Waals surface area contributed by atoms with Crippen molar-refractivity contribution in [2.24, 2.45) is 0 Å². The highest BCUT2D eigenvalue weighted by molar-refractivity contribution is 6.03. The van der Waals surface area contributed by atoms with E-state index in [1.165, 1.54) is 23.8 Å². The van der Waals surface area contributed by atoms with Crippen LogP contribution in [0.15, 0.2) is 55.0 Å². The van der Waals surface area contributed by atoms with E-state index in [1.807, 2.05) is 23.1 Å². The van der Waals surface area contributed by atoms with Crippen molar-refractivity contribution in [1.82, 2.24) is 19.9 Å². The van der Waals surface area contributed by atoms with E-state index in [4.69, 9.17) is 6.57 Å². The molecule has 0 radical (unpaired) electrons. The summed E-state index contributed by atoms with van der Waals surface area (Å²) in [5, 5.41) is 3.00. The van der Waals surface area contributed by atoms with Gasteiger partial charge in [0.2, 0.25) is 11.7 Å². The summed E-state index contributed by atoms with van der Waals surface area (Å²) in [6.45, 7) is 8.57. The van der Waals surface area contributed by atoms with Gasteiger partial charge < -0.3 is 15.1 Å². The minimum atomic E-state index is -0.360. The Balaban J connectivity index is 1.30. The Kier molecular flexibility index (Phi) is 7.41. The number of allylic oxidation sites excluding steroid dienone is 2. The molecule has 2 aliphatic rings. The molecule has 2 N–H and O–H groups in total. The summed E-state index contributed by atoms with van der Waals surface area (Å²) in [5.74, 6) is 0.532. The van der Waals surface area contributed by atoms with Crippen molar-refractivity contribution in [1.29, 1.82) is 0 Å². The number of hydrogen-bond acceptors (Lipinski definition) is 4. The molecule has 8 nitrogen and oxygen atoms in total. The van der Waals surface area contributed by atoms with Gasteiger partial charge in [-0.05, 0) is 85.4 Å². The number of H-pyrrole nitrogens is 1. The van der Waals surface area contributed by atoms with E-state index in [-0.39, 0.29) is 23.5 Å². The second-order valence-corrected chi connectivity index (χ2v) is 9.65. The molecule has 2 amide bonds. The first-order chi connectivity index (χ1) is 18.1. The molecular weight excluding hydrogens is 464 g/mol. The second kappa shape index (κ2) is 11.2. The molecule has 5 rings (SSSR count). The number of piperidine rings is 1. The third-order valence-corrected chi connectivity index (χ3v) is 7.25. The number of nitrogens with zero attached hydrogens (tertiary/aromatic N) is 4. The van der Waals surface area contributed by atoms with Gasteiger partial charge in [-0.2, -0.15) is 0 Å². The monoisotopic (exact) mass is 494 g/mol. The molecule has 3 heterocycles. The first-order valence-corrected chi connectivity index (χ1v) is 12.8. The molecule has 188 valence electrons. The number of benzene rings is 1. The molecule has 1 fully saturated rings. The van der Waals surface area contributed by atoms with Crippen LogP contribution >= 0.6 is 0 Å². The standard InChI is InChI=1S/C29H30N6O2/c1-30-26-19-32-28(34-26)29(37)33-25-8-7-23(18-24(25)22-5-3-2-4-6-22)21-11-15-35(16-12-21)27(36)17-20-9-13-31-14-10-20/h5,7-10,13-14,18-19,21H,2-4,6,11-12,15-17H2,(H,32,34)(H,33,37). The minimum Gasteiger partial charge on any atom is -0.363 e. The first-order valence-electron chi connectivity index (χ1n) is 12.8. The molecule has 3 aromatic rings. The molecule has 1 aliphatic heterocycles. The van der Waals surface area contributed by atoms with Gasteiger partial charge in [-0.15, -0.1) is 0 Å². The highest BCUT2D eigenvalue weighted by Gasteiger charge is 2.25. The molecular formula is C29H30N6O2. The Bertz CT molecular complexity index is 1350. The third kappa shape index (κ3) is 5.78. The van der Waals surface area contributed by atoms with Crippen molar-refractivity contribution in [3.8, 4) is 0 Å². The zero-order valence-corrected chi connectivity index (χ0v) is 20.7. The number of amides is 2. The number of anilines is 1. The highest BCUT2D eigenvalue weighted by atomic mass is 16.2. The van der Waals surface area contributed by atoms with Gasteiger partial charge in [0.05, 0.1) is 12.6 Å². The molecule has 1 saturated heterocycles. The van der Waals surface area contributed by atoms with E-state index in [0.29, 0.717) is 12.3 Å². The van der Waals surface area contributed by atoms with Crippen molar-refractivity contribution in [3.63, 3.8) is 0 Å². The van der Waals surface area contributed by atoms with Crippen LogP contribution in [0, 0.1) is 6.57 Å². The van der Waals surface area contributed by atoms with Crippen LogP contribution in [0.25, 0.3) is 10.4 Å². The average Bonchev–Trinajstić information content (AvgIpc) is 3.44. The predicted octanol–water partition coefficient (Wildman–Crippen LogP) is 5.51. The summed E-state index contributed by atoms with van der Waals surface area (Å²) in [6.07, 6.45) is 13.7. The van der Waals surface area contributed by atoms with Crippen LogP contribution in [0.5, 0.6) is 0 Å². The van der Waals surface area contributed by atoms with Crippen molar-refractivity contribution >= 4 is 28.9 Å². The van der Waals surface area contributed by atoms with E-state index >= 15 is 0 Å². The van der Waals surface area contributed by atoms with Crippen LogP contribution < -0.4 is 5.32 Å². The van der Waals surface area contributed by atoms with Gasteiger partial charge in [-0.1, -0.05) is 18.7 Å². The van der Waals surface area contributed by atoms with Gasteiger partial charge >= 0.3 is 5.91 Å². The molecule has 0 spiro atoms. The van der Waals surface area contributed by atoms with E-state index in [2.05, 4.69) is 43.3 Å². The van der Waals surface area contributed by atoms with Gasteiger partial charge in [-0.25, -0.2) is 4.98 Å². The summed E-state index contributed by atoms with van der Waals surface area (Å²) in [4.78, 5) is 41.7. The lowest BCUT2D eigenvalue weighted by atomic mass is 9.85. The fourth-order valence-corrected chi connectivity index (χ4v) is 5.19. The van der Waals surface area contributed by atoms with Crippen LogP contribution in [0.2, 0.25) is 0 Å². The Hall–Kier alpha value is -4.25. The van der Waals surface area contributed by atoms with Gasteiger partial charge in [-0.3, -0.25) is 19.6 Å². The molecule has 0 unspecified atom stereocenters. The maximum Gasteiger partial charge on any atom is 0.314 e. The van der Waals surface area contributed by atoms with Crippen LogP contribution in [0.1, 0.15) is 71.8 Å². The Morgan fingerprint density at radius 1 is 1.14 bits per heavy atom. The van der Waals surface area contributed by atoms with Crippen molar-refractivity contribution < 1.29 is 9.59 Å². The van der Waals surface area contributed by atoms with Gasteiger partial charge in [0.15, 0.2) is 0 Å². The van der Waals surface area contributed by atoms with Gasteiger partial charge in [0.25, 0.3) is 5.82 Å². The molecule has 8 heteroatoms. The van der Waals surface area contributed by atoms with Crippen molar-refractivity contribution in [2.75, 3.05) is 18.4 Å². The molecule has 37 heavy (non-hydrogen) atoms. The number of pyridine rings is 1. The number of carbonyl (C=O) groups excluding carboxylic acids is 2. The Morgan fingerprint density at radius 3 is 2.65 bits per heavy atom. The summed E-state index contributed by atoms with van der Waals surface area (Å²) in [7, 11) is 0. The van der Waals surface area contributed by atoms with Gasteiger partial charge in [0, 0.05) is 36.7 Å². The number of carbonyl (C=O) groups is 2. The van der Waals surface area contributed by atoms with E-state index < -0.39 is 0 Å². The first kappa shape index (κ1) is 24.4. The number of nitrogens with one attached hydrogen (secondary N) is 2. The number of hydrogen-bond donors (Lipinski definition) is 2. The number of aromatic nitrogens is 3.